The quantitative estimate of drug-likeness (QED) is 0.621. The molecule has 2 aromatic heterocycles. The van der Waals surface area contributed by atoms with Crippen LogP contribution in [-0.4, -0.2) is 38.2 Å². The van der Waals surface area contributed by atoms with E-state index in [1.54, 1.807) is 42.9 Å². The molecule has 28 heavy (non-hydrogen) atoms. The molecule has 0 aliphatic heterocycles. The summed E-state index contributed by atoms with van der Waals surface area (Å²) < 4.78 is 6.67. The Kier molecular flexibility index (Phi) is 5.53. The van der Waals surface area contributed by atoms with Crippen LogP contribution in [0, 0.1) is 13.8 Å². The second kappa shape index (κ2) is 8.03. The Morgan fingerprint density at radius 1 is 1.25 bits per heavy atom. The highest BCUT2D eigenvalue weighted by atomic mass is 16.5. The smallest absolute Gasteiger partial charge is 0.306 e. The van der Waals surface area contributed by atoms with Crippen LogP contribution in [0.15, 0.2) is 29.1 Å². The van der Waals surface area contributed by atoms with E-state index >= 15 is 0 Å². The molecule has 0 saturated heterocycles. The lowest BCUT2D eigenvalue weighted by Gasteiger charge is -2.07. The molecule has 0 aliphatic rings. The number of rotatable bonds is 6. The zero-order valence-corrected chi connectivity index (χ0v) is 15.9. The highest BCUT2D eigenvalue weighted by Crippen LogP contribution is 2.18. The first-order valence-corrected chi connectivity index (χ1v) is 8.78. The fraction of sp³-hybridized carbons (Fsp3) is 0.316. The van der Waals surface area contributed by atoms with Gasteiger partial charge >= 0.3 is 5.97 Å². The number of aryl methyl sites for hydroxylation is 3. The second-order valence-corrected chi connectivity index (χ2v) is 6.41. The first-order valence-electron chi connectivity index (χ1n) is 8.78. The van der Waals surface area contributed by atoms with Crippen LogP contribution < -0.4 is 10.9 Å². The standard InChI is InChI=1S/C19H21N5O4/c1-11-18(12(2)24(3)23-11)22-16(25)10-28-17(26)9-8-15-20-14-7-5-4-6-13(14)19(27)21-15/h4-7H,8-10H2,1-3H3,(H,22,25)(H,20,21,27). The number of hydrogen-bond donors (Lipinski definition) is 2. The molecule has 2 heterocycles. The highest BCUT2D eigenvalue weighted by Gasteiger charge is 2.14. The fourth-order valence-electron chi connectivity index (χ4n) is 2.82. The summed E-state index contributed by atoms with van der Waals surface area (Å²) in [6.45, 7) is 3.22. The number of nitrogens with zero attached hydrogens (tertiary/aromatic N) is 3. The summed E-state index contributed by atoms with van der Waals surface area (Å²) in [6.07, 6.45) is 0.209. The monoisotopic (exact) mass is 383 g/mol. The molecule has 0 fully saturated rings. The van der Waals surface area contributed by atoms with Gasteiger partial charge < -0.3 is 15.0 Å². The van der Waals surface area contributed by atoms with Gasteiger partial charge in [-0.25, -0.2) is 4.98 Å². The van der Waals surface area contributed by atoms with E-state index in [0.717, 1.165) is 5.69 Å². The lowest BCUT2D eigenvalue weighted by molar-refractivity contribution is -0.147. The van der Waals surface area contributed by atoms with Crippen molar-refractivity contribution in [3.63, 3.8) is 0 Å². The minimum atomic E-state index is -0.550. The molecule has 3 rings (SSSR count). The molecule has 0 radical (unpaired) electrons. The van der Waals surface area contributed by atoms with Crippen LogP contribution in [0.5, 0.6) is 0 Å². The topological polar surface area (TPSA) is 119 Å². The summed E-state index contributed by atoms with van der Waals surface area (Å²) in [5.41, 5.74) is 2.42. The number of nitrogens with one attached hydrogen (secondary N) is 2. The summed E-state index contributed by atoms with van der Waals surface area (Å²) in [5, 5.41) is 7.40. The number of carbonyl (C=O) groups is 2. The van der Waals surface area contributed by atoms with E-state index in [1.807, 2.05) is 6.92 Å². The van der Waals surface area contributed by atoms with Gasteiger partial charge in [-0.1, -0.05) is 12.1 Å². The lowest BCUT2D eigenvalue weighted by Crippen LogP contribution is -2.22. The van der Waals surface area contributed by atoms with Crippen LogP contribution in [0.1, 0.15) is 23.6 Å². The van der Waals surface area contributed by atoms with E-state index < -0.39 is 18.5 Å². The van der Waals surface area contributed by atoms with E-state index in [4.69, 9.17) is 4.74 Å². The Morgan fingerprint density at radius 2 is 2.00 bits per heavy atom. The predicted octanol–water partition coefficient (Wildman–Crippen LogP) is 1.39. The van der Waals surface area contributed by atoms with Crippen LogP contribution >= 0.6 is 0 Å². The highest BCUT2D eigenvalue weighted by molar-refractivity contribution is 5.93. The van der Waals surface area contributed by atoms with E-state index in [1.165, 1.54) is 0 Å². The van der Waals surface area contributed by atoms with Gasteiger partial charge in [-0.3, -0.25) is 19.1 Å². The van der Waals surface area contributed by atoms with Gasteiger partial charge in [0.15, 0.2) is 6.61 Å². The molecule has 0 saturated carbocycles. The lowest BCUT2D eigenvalue weighted by atomic mass is 10.2. The largest absolute Gasteiger partial charge is 0.456 e. The molecule has 9 nitrogen and oxygen atoms in total. The SMILES string of the molecule is Cc1nn(C)c(C)c1NC(=O)COC(=O)CCc1nc2ccccc2c(=O)[nH]1. The molecule has 0 unspecified atom stereocenters. The van der Waals surface area contributed by atoms with Gasteiger partial charge in [0.2, 0.25) is 0 Å². The number of anilines is 1. The van der Waals surface area contributed by atoms with Crippen LogP contribution in [0.4, 0.5) is 5.69 Å². The van der Waals surface area contributed by atoms with Crippen LogP contribution in [0.3, 0.4) is 0 Å². The van der Waals surface area contributed by atoms with Crippen LogP contribution in [0.2, 0.25) is 0 Å². The number of ether oxygens (including phenoxy) is 1. The number of aromatic nitrogens is 4. The van der Waals surface area contributed by atoms with Crippen molar-refractivity contribution in [3.05, 3.63) is 51.8 Å². The number of aromatic amines is 1. The third kappa shape index (κ3) is 4.25. The van der Waals surface area contributed by atoms with Crippen molar-refractivity contribution in [2.45, 2.75) is 26.7 Å². The third-order valence-electron chi connectivity index (χ3n) is 4.37. The molecular formula is C19H21N5O4. The van der Waals surface area contributed by atoms with E-state index in [2.05, 4.69) is 20.4 Å². The number of benzene rings is 1. The first kappa shape index (κ1) is 19.3. The number of para-hydroxylation sites is 1. The molecule has 0 aliphatic carbocycles. The minimum absolute atomic E-state index is 0.000488. The molecule has 146 valence electrons. The Balaban J connectivity index is 1.52. The average Bonchev–Trinajstić information content (AvgIpc) is 2.91. The summed E-state index contributed by atoms with van der Waals surface area (Å²) in [5.74, 6) is -0.595. The molecule has 1 amide bonds. The maximum atomic E-state index is 12.0. The number of fused-ring (bicyclic) bond motifs is 1. The van der Waals surface area contributed by atoms with Crippen molar-refractivity contribution in [2.75, 3.05) is 11.9 Å². The van der Waals surface area contributed by atoms with Crippen molar-refractivity contribution >= 4 is 28.5 Å². The van der Waals surface area contributed by atoms with E-state index in [0.29, 0.717) is 28.1 Å². The molecular weight excluding hydrogens is 362 g/mol. The number of hydrogen-bond acceptors (Lipinski definition) is 6. The summed E-state index contributed by atoms with van der Waals surface area (Å²) >= 11 is 0. The van der Waals surface area contributed by atoms with Gasteiger partial charge in [0.25, 0.3) is 11.5 Å². The van der Waals surface area contributed by atoms with Gasteiger partial charge in [-0.05, 0) is 26.0 Å². The number of H-pyrrole nitrogens is 1. The normalized spacial score (nSPS) is 10.8. The number of carbonyl (C=O) groups excluding carboxylic acids is 2. The minimum Gasteiger partial charge on any atom is -0.456 e. The van der Waals surface area contributed by atoms with E-state index in [-0.39, 0.29) is 18.4 Å². The zero-order valence-electron chi connectivity index (χ0n) is 15.9. The second-order valence-electron chi connectivity index (χ2n) is 6.41. The van der Waals surface area contributed by atoms with Gasteiger partial charge in [0.05, 0.1) is 34.4 Å². The van der Waals surface area contributed by atoms with Crippen molar-refractivity contribution in [1.82, 2.24) is 19.7 Å². The number of amides is 1. The van der Waals surface area contributed by atoms with Gasteiger partial charge in [-0.2, -0.15) is 5.10 Å². The molecule has 9 heteroatoms. The summed E-state index contributed by atoms with van der Waals surface area (Å²) in [7, 11) is 1.78. The molecule has 3 aromatic rings. The molecule has 0 spiro atoms. The first-order chi connectivity index (χ1) is 13.3. The Labute approximate surface area is 160 Å². The summed E-state index contributed by atoms with van der Waals surface area (Å²) in [4.78, 5) is 42.9. The van der Waals surface area contributed by atoms with E-state index in [9.17, 15) is 14.4 Å². The van der Waals surface area contributed by atoms with Gasteiger partial charge in [0, 0.05) is 13.5 Å². The molecule has 1 aromatic carbocycles. The molecule has 2 N–H and O–H groups in total. The van der Waals surface area contributed by atoms with Crippen molar-refractivity contribution in [3.8, 4) is 0 Å². The Hall–Kier alpha value is -3.49. The average molecular weight is 383 g/mol. The maximum absolute atomic E-state index is 12.0. The number of esters is 1. The van der Waals surface area contributed by atoms with Crippen LogP contribution in [0.25, 0.3) is 10.9 Å². The van der Waals surface area contributed by atoms with Crippen molar-refractivity contribution in [1.29, 1.82) is 0 Å². The fourth-order valence-corrected chi connectivity index (χ4v) is 2.82. The summed E-state index contributed by atoms with van der Waals surface area (Å²) in [6, 6.07) is 6.97. The predicted molar refractivity (Wildman–Crippen MR) is 103 cm³/mol. The third-order valence-corrected chi connectivity index (χ3v) is 4.37. The van der Waals surface area contributed by atoms with Gasteiger partial charge in [0.1, 0.15) is 5.82 Å². The Morgan fingerprint density at radius 3 is 2.71 bits per heavy atom. The maximum Gasteiger partial charge on any atom is 0.306 e. The molecule has 0 atom stereocenters. The van der Waals surface area contributed by atoms with Crippen molar-refractivity contribution in [2.24, 2.45) is 7.05 Å². The van der Waals surface area contributed by atoms with Crippen molar-refractivity contribution < 1.29 is 14.3 Å². The molecule has 0 bridgehead atoms. The Bertz CT molecular complexity index is 1100. The van der Waals surface area contributed by atoms with Crippen LogP contribution in [-0.2, 0) is 27.8 Å². The zero-order chi connectivity index (χ0) is 20.3. The van der Waals surface area contributed by atoms with Gasteiger partial charge in [-0.15, -0.1) is 0 Å².